The number of non-ortho nitro benzene ring substituents is 1. The van der Waals surface area contributed by atoms with Crippen molar-refractivity contribution >= 4 is 55.0 Å². The van der Waals surface area contributed by atoms with Crippen LogP contribution < -0.4 is 9.64 Å². The highest BCUT2D eigenvalue weighted by Crippen LogP contribution is 2.71. The summed E-state index contributed by atoms with van der Waals surface area (Å²) >= 11 is 7.91. The Bertz CT molecular complexity index is 1320. The van der Waals surface area contributed by atoms with Gasteiger partial charge in [-0.25, -0.2) is 4.90 Å². The second-order valence-corrected chi connectivity index (χ2v) is 11.1. The van der Waals surface area contributed by atoms with E-state index in [0.29, 0.717) is 0 Å². The number of nitro groups is 1. The smallest absolute Gasteiger partial charge is 0.273 e. The molecule has 4 aliphatic rings. The number of hydrogen-bond acceptors (Lipinski definition) is 5. The average molecular weight is 584 g/mol. The first-order valence-corrected chi connectivity index (χ1v) is 12.1. The van der Waals surface area contributed by atoms with E-state index in [1.165, 1.54) is 25.3 Å². The van der Waals surface area contributed by atoms with Crippen LogP contribution in [0.3, 0.4) is 0 Å². The topological polar surface area (TPSA) is 89.8 Å². The fourth-order valence-corrected chi connectivity index (χ4v) is 8.17. The minimum atomic E-state index is -0.907. The molecule has 34 heavy (non-hydrogen) atoms. The number of carbonyl (C=O) groups is 2. The van der Waals surface area contributed by atoms with Gasteiger partial charge in [0.05, 0.1) is 44.3 Å². The molecule has 3 aromatic carbocycles. The Hall–Kier alpha value is -3.04. The van der Waals surface area contributed by atoms with Gasteiger partial charge in [0.25, 0.3) is 5.69 Å². The van der Waals surface area contributed by atoms with E-state index in [9.17, 15) is 19.7 Å². The lowest BCUT2D eigenvalue weighted by Gasteiger charge is -2.55. The summed E-state index contributed by atoms with van der Waals surface area (Å²) < 4.78 is 3.55. The number of methoxy groups -OCH3 is 1. The zero-order valence-electron chi connectivity index (χ0n) is 17.7. The molecule has 3 aromatic rings. The van der Waals surface area contributed by atoms with E-state index in [0.717, 1.165) is 27.2 Å². The largest absolute Gasteiger partial charge is 0.494 e. The zero-order chi connectivity index (χ0) is 24.0. The number of hydrogen-bond donors (Lipinski definition) is 0. The van der Waals surface area contributed by atoms with Crippen LogP contribution in [0.2, 0.25) is 0 Å². The summed E-state index contributed by atoms with van der Waals surface area (Å²) in [4.78, 5) is 40.0. The molecule has 2 atom stereocenters. The predicted molar refractivity (Wildman–Crippen MR) is 131 cm³/mol. The Balaban J connectivity index is 1.61. The van der Waals surface area contributed by atoms with E-state index < -0.39 is 25.4 Å². The maximum absolute atomic E-state index is 14.1. The predicted octanol–water partition coefficient (Wildman–Crippen LogP) is 5.01. The van der Waals surface area contributed by atoms with Crippen molar-refractivity contribution in [3.8, 4) is 5.75 Å². The molecule has 2 amide bonds. The summed E-state index contributed by atoms with van der Waals surface area (Å²) in [6.07, 6.45) is 0. The van der Waals surface area contributed by atoms with E-state index in [-0.39, 0.29) is 28.9 Å². The van der Waals surface area contributed by atoms with Crippen molar-refractivity contribution in [1.82, 2.24) is 0 Å². The average Bonchev–Trinajstić information content (AvgIpc) is 3.13. The lowest BCUT2D eigenvalue weighted by atomic mass is 9.54. The van der Waals surface area contributed by atoms with Gasteiger partial charge in [0.1, 0.15) is 5.75 Å². The third-order valence-electron chi connectivity index (χ3n) is 7.20. The van der Waals surface area contributed by atoms with Crippen molar-refractivity contribution in [3.63, 3.8) is 0 Å². The maximum Gasteiger partial charge on any atom is 0.273 e. The molecule has 2 bridgehead atoms. The molecule has 1 saturated heterocycles. The van der Waals surface area contributed by atoms with Gasteiger partial charge in [-0.15, -0.1) is 0 Å². The summed E-state index contributed by atoms with van der Waals surface area (Å²) in [6.45, 7) is 0. The molecule has 3 aliphatic carbocycles. The zero-order valence-corrected chi connectivity index (χ0v) is 20.9. The summed E-state index contributed by atoms with van der Waals surface area (Å²) in [5.74, 6) is -2.14. The van der Waals surface area contributed by atoms with Gasteiger partial charge in [-0.1, -0.05) is 80.4 Å². The monoisotopic (exact) mass is 582 g/mol. The van der Waals surface area contributed by atoms with Crippen LogP contribution in [0.1, 0.15) is 22.3 Å². The molecule has 0 N–H and O–H groups in total. The molecule has 1 heterocycles. The lowest BCUT2D eigenvalue weighted by Crippen LogP contribution is -2.56. The van der Waals surface area contributed by atoms with Crippen LogP contribution in [-0.4, -0.2) is 23.8 Å². The SMILES string of the molecule is COc1cc([N+](=O)[O-])ccc1N1C(=O)[C@@H]2[C@@H](C1=O)C1(Br)c3ccccc3C2(Br)c2ccccc21. The third-order valence-corrected chi connectivity index (χ3v) is 9.90. The maximum atomic E-state index is 14.1. The van der Waals surface area contributed by atoms with Crippen molar-refractivity contribution < 1.29 is 19.2 Å². The van der Waals surface area contributed by atoms with E-state index in [2.05, 4.69) is 31.9 Å². The van der Waals surface area contributed by atoms with Crippen LogP contribution in [0.5, 0.6) is 5.75 Å². The quantitative estimate of drug-likeness (QED) is 0.187. The summed E-state index contributed by atoms with van der Waals surface area (Å²) in [7, 11) is 1.36. The highest BCUT2D eigenvalue weighted by molar-refractivity contribution is 9.10. The second-order valence-electron chi connectivity index (χ2n) is 8.60. The van der Waals surface area contributed by atoms with Gasteiger partial charge in [-0.2, -0.15) is 0 Å². The molecule has 0 spiro atoms. The van der Waals surface area contributed by atoms with Crippen LogP contribution >= 0.6 is 31.9 Å². The molecule has 0 aromatic heterocycles. The molecule has 170 valence electrons. The molecule has 1 fully saturated rings. The Morgan fingerprint density at radius 1 is 0.853 bits per heavy atom. The van der Waals surface area contributed by atoms with Gasteiger partial charge in [0, 0.05) is 6.07 Å². The molecule has 9 heteroatoms. The van der Waals surface area contributed by atoms with Crippen molar-refractivity contribution in [2.45, 2.75) is 8.65 Å². The number of ether oxygens (including phenoxy) is 1. The molecule has 0 radical (unpaired) electrons. The lowest BCUT2D eigenvalue weighted by molar-refractivity contribution is -0.384. The minimum Gasteiger partial charge on any atom is -0.494 e. The molecule has 0 saturated carbocycles. The standard InChI is InChI=1S/C25H16Br2N2O5/c1-34-19-12-13(29(32)33)10-11-18(19)28-22(30)20-21(23(28)31)25(27)15-7-3-2-6-14(15)24(20,26)16-8-4-5-9-17(16)25/h2-12,20-21H,1H3/t20-,21-,24?,25?/m0/s1. The van der Waals surface area contributed by atoms with Gasteiger partial charge < -0.3 is 4.74 Å². The molecule has 1 aliphatic heterocycles. The Morgan fingerprint density at radius 2 is 1.29 bits per heavy atom. The number of halogens is 2. The number of nitrogens with zero attached hydrogens (tertiary/aromatic N) is 2. The Morgan fingerprint density at radius 3 is 1.68 bits per heavy atom. The number of imide groups is 1. The van der Waals surface area contributed by atoms with E-state index in [1.54, 1.807) is 0 Å². The van der Waals surface area contributed by atoms with Crippen molar-refractivity contribution in [2.24, 2.45) is 11.8 Å². The van der Waals surface area contributed by atoms with Gasteiger partial charge >= 0.3 is 0 Å². The van der Waals surface area contributed by atoms with Crippen molar-refractivity contribution in [3.05, 3.63) is 99.1 Å². The number of nitro benzene ring substituents is 1. The number of rotatable bonds is 3. The molecular weight excluding hydrogens is 568 g/mol. The minimum absolute atomic E-state index is 0.0872. The molecule has 0 unspecified atom stereocenters. The number of carbonyl (C=O) groups excluding carboxylic acids is 2. The normalized spacial score (nSPS) is 28.4. The first-order valence-electron chi connectivity index (χ1n) is 10.5. The van der Waals surface area contributed by atoms with Crippen LogP contribution in [0.25, 0.3) is 0 Å². The van der Waals surface area contributed by atoms with Crippen molar-refractivity contribution in [2.75, 3.05) is 12.0 Å². The molecule has 7 nitrogen and oxygen atoms in total. The van der Waals surface area contributed by atoms with E-state index in [1.807, 2.05) is 48.5 Å². The molecule has 7 rings (SSSR count). The Kier molecular flexibility index (Phi) is 4.42. The van der Waals surface area contributed by atoms with E-state index >= 15 is 0 Å². The van der Waals surface area contributed by atoms with Crippen LogP contribution in [0, 0.1) is 22.0 Å². The van der Waals surface area contributed by atoms with Crippen LogP contribution in [-0.2, 0) is 18.2 Å². The van der Waals surface area contributed by atoms with E-state index in [4.69, 9.17) is 4.74 Å². The summed E-state index contributed by atoms with van der Waals surface area (Å²) in [6, 6.07) is 19.5. The third kappa shape index (κ3) is 2.36. The first kappa shape index (κ1) is 21.5. The summed E-state index contributed by atoms with van der Waals surface area (Å²) in [5.41, 5.74) is 3.75. The van der Waals surface area contributed by atoms with Gasteiger partial charge in [0.15, 0.2) is 0 Å². The van der Waals surface area contributed by atoms with Crippen LogP contribution in [0.4, 0.5) is 11.4 Å². The number of amides is 2. The van der Waals surface area contributed by atoms with Gasteiger partial charge in [0.2, 0.25) is 11.8 Å². The fourth-order valence-electron chi connectivity index (χ4n) is 5.87. The molecular formula is C25H16Br2N2O5. The van der Waals surface area contributed by atoms with Gasteiger partial charge in [-0.3, -0.25) is 19.7 Å². The Labute approximate surface area is 211 Å². The van der Waals surface area contributed by atoms with Crippen LogP contribution in [0.15, 0.2) is 66.7 Å². The number of benzene rings is 3. The highest BCUT2D eigenvalue weighted by Gasteiger charge is 2.72. The van der Waals surface area contributed by atoms with Crippen molar-refractivity contribution in [1.29, 1.82) is 0 Å². The fraction of sp³-hybridized carbons (Fsp3) is 0.200. The number of anilines is 1. The number of alkyl halides is 2. The first-order chi connectivity index (χ1) is 16.3. The second kappa shape index (κ2) is 6.99. The summed E-state index contributed by atoms with van der Waals surface area (Å²) in [5, 5.41) is 11.3. The van der Waals surface area contributed by atoms with Gasteiger partial charge in [-0.05, 0) is 28.3 Å². The highest BCUT2D eigenvalue weighted by atomic mass is 79.9.